The van der Waals surface area contributed by atoms with Gasteiger partial charge in [0.2, 0.25) is 0 Å². The molecule has 0 fully saturated rings. The molecule has 0 unspecified atom stereocenters. The Balaban J connectivity index is 1.96. The fourth-order valence-corrected chi connectivity index (χ4v) is 2.13. The van der Waals surface area contributed by atoms with Crippen LogP contribution in [0.25, 0.3) is 0 Å². The number of hydrogen-bond donors (Lipinski definition) is 2. The largest absolute Gasteiger partial charge is 0.372 e. The monoisotopic (exact) mass is 253 g/mol. The number of amidine groups is 1. The third kappa shape index (κ3) is 2.50. The van der Waals surface area contributed by atoms with E-state index in [-0.39, 0.29) is 0 Å². The van der Waals surface area contributed by atoms with Crippen LogP contribution in [0.15, 0.2) is 53.5 Å². The first-order valence-corrected chi connectivity index (χ1v) is 6.17. The Labute approximate surface area is 111 Å². The molecule has 3 rings (SSSR count). The first kappa shape index (κ1) is 11.9. The maximum Gasteiger partial charge on any atom is 0.147 e. The molecule has 0 amide bonds. The van der Waals surface area contributed by atoms with Gasteiger partial charge in [-0.1, -0.05) is 30.3 Å². The van der Waals surface area contributed by atoms with Crippen molar-refractivity contribution in [3.05, 3.63) is 65.2 Å². The van der Waals surface area contributed by atoms with Crippen LogP contribution in [0.1, 0.15) is 16.7 Å². The molecule has 0 atom stereocenters. The summed E-state index contributed by atoms with van der Waals surface area (Å²) in [6, 6.07) is 15.9. The zero-order chi connectivity index (χ0) is 13.1. The molecule has 0 radical (unpaired) electrons. The lowest BCUT2D eigenvalue weighted by atomic mass is 10.1. The van der Waals surface area contributed by atoms with Crippen LogP contribution in [-0.2, 0) is 18.0 Å². The molecule has 0 saturated carbocycles. The van der Waals surface area contributed by atoms with E-state index in [1.807, 2.05) is 36.4 Å². The molecule has 0 aliphatic carbocycles. The first-order chi connectivity index (χ1) is 9.36. The summed E-state index contributed by atoms with van der Waals surface area (Å²) in [5, 5.41) is 0. The van der Waals surface area contributed by atoms with Crippen molar-refractivity contribution in [3.63, 3.8) is 0 Å². The maximum absolute atomic E-state index is 5.59. The lowest BCUT2D eigenvalue weighted by molar-refractivity contribution is 0.134. The molecule has 2 aromatic rings. The van der Waals surface area contributed by atoms with Gasteiger partial charge >= 0.3 is 0 Å². The zero-order valence-electron chi connectivity index (χ0n) is 10.5. The summed E-state index contributed by atoms with van der Waals surface area (Å²) in [6.45, 7) is 1.35. The molecule has 1 aliphatic rings. The van der Waals surface area contributed by atoms with Crippen molar-refractivity contribution in [3.8, 4) is 0 Å². The van der Waals surface area contributed by atoms with Crippen LogP contribution >= 0.6 is 0 Å². The quantitative estimate of drug-likeness (QED) is 0.373. The Morgan fingerprint density at radius 1 is 1.05 bits per heavy atom. The number of fused-ring (bicyclic) bond motifs is 1. The van der Waals surface area contributed by atoms with Crippen LogP contribution in [-0.4, -0.2) is 5.84 Å². The molecule has 19 heavy (non-hydrogen) atoms. The molecule has 96 valence electrons. The molecule has 0 saturated heterocycles. The van der Waals surface area contributed by atoms with Gasteiger partial charge in [-0.05, 0) is 29.3 Å². The minimum Gasteiger partial charge on any atom is -0.372 e. The number of nitrogens with two attached hydrogens (primary N) is 1. The highest BCUT2D eigenvalue weighted by molar-refractivity contribution is 6.00. The van der Waals surface area contributed by atoms with E-state index in [0.29, 0.717) is 19.0 Å². The van der Waals surface area contributed by atoms with E-state index in [1.165, 1.54) is 11.1 Å². The van der Waals surface area contributed by atoms with Crippen molar-refractivity contribution < 1.29 is 4.74 Å². The van der Waals surface area contributed by atoms with E-state index in [0.717, 1.165) is 11.3 Å². The van der Waals surface area contributed by atoms with Crippen molar-refractivity contribution >= 4 is 11.5 Å². The number of aliphatic imine (C=N–C) groups is 1. The first-order valence-electron chi connectivity index (χ1n) is 6.17. The fourth-order valence-electron chi connectivity index (χ4n) is 2.13. The second-order valence-electron chi connectivity index (χ2n) is 4.42. The average Bonchev–Trinajstić information content (AvgIpc) is 2.93. The number of benzene rings is 2. The van der Waals surface area contributed by atoms with Gasteiger partial charge in [0.05, 0.1) is 18.9 Å². The normalized spacial score (nSPS) is 14.3. The third-order valence-corrected chi connectivity index (χ3v) is 3.13. The second-order valence-corrected chi connectivity index (χ2v) is 4.42. The zero-order valence-corrected chi connectivity index (χ0v) is 10.5. The molecule has 1 heterocycles. The molecule has 4 heteroatoms. The van der Waals surface area contributed by atoms with E-state index < -0.39 is 0 Å². The predicted octanol–water partition coefficient (Wildman–Crippen LogP) is 2.26. The van der Waals surface area contributed by atoms with Gasteiger partial charge < -0.3 is 10.2 Å². The van der Waals surface area contributed by atoms with E-state index >= 15 is 0 Å². The van der Waals surface area contributed by atoms with E-state index in [1.54, 1.807) is 0 Å². The molecule has 4 nitrogen and oxygen atoms in total. The Morgan fingerprint density at radius 2 is 1.84 bits per heavy atom. The molecule has 1 aliphatic heterocycles. The van der Waals surface area contributed by atoms with Gasteiger partial charge in [-0.2, -0.15) is 0 Å². The van der Waals surface area contributed by atoms with Gasteiger partial charge in [0.1, 0.15) is 5.84 Å². The number of hydrazine groups is 1. The minimum atomic E-state index is 0.654. The van der Waals surface area contributed by atoms with Crippen molar-refractivity contribution in [1.82, 2.24) is 5.43 Å². The van der Waals surface area contributed by atoms with Crippen LogP contribution in [0.3, 0.4) is 0 Å². The molecule has 3 N–H and O–H groups in total. The molecule has 2 aromatic carbocycles. The van der Waals surface area contributed by atoms with Crippen molar-refractivity contribution in [1.29, 1.82) is 0 Å². The standard InChI is InChI=1S/C15H15N3O/c16-18-15(17-14-4-2-1-3-5-14)11-6-7-12-9-19-10-13(12)8-11/h1-8H,9-10,16H2,(H,17,18). The van der Waals surface area contributed by atoms with Gasteiger partial charge in [0.15, 0.2) is 0 Å². The number of ether oxygens (including phenoxy) is 1. The Hall–Kier alpha value is -2.17. The molecule has 0 bridgehead atoms. The van der Waals surface area contributed by atoms with E-state index in [4.69, 9.17) is 10.6 Å². The molecular weight excluding hydrogens is 238 g/mol. The van der Waals surface area contributed by atoms with Crippen molar-refractivity contribution in [2.75, 3.05) is 0 Å². The number of nitrogens with zero attached hydrogens (tertiary/aromatic N) is 1. The van der Waals surface area contributed by atoms with Crippen LogP contribution in [0, 0.1) is 0 Å². The summed E-state index contributed by atoms with van der Waals surface area (Å²) in [7, 11) is 0. The molecule has 0 aromatic heterocycles. The second kappa shape index (κ2) is 5.22. The van der Waals surface area contributed by atoms with Crippen LogP contribution in [0.5, 0.6) is 0 Å². The highest BCUT2D eigenvalue weighted by atomic mass is 16.5. The fraction of sp³-hybridized carbons (Fsp3) is 0.133. The summed E-state index contributed by atoms with van der Waals surface area (Å²) in [5.74, 6) is 6.24. The minimum absolute atomic E-state index is 0.654. The predicted molar refractivity (Wildman–Crippen MR) is 74.9 cm³/mol. The van der Waals surface area contributed by atoms with Gasteiger partial charge in [0.25, 0.3) is 0 Å². The molecular formula is C15H15N3O. The van der Waals surface area contributed by atoms with Crippen molar-refractivity contribution in [2.24, 2.45) is 10.8 Å². The number of nitrogens with one attached hydrogen (secondary N) is 1. The van der Waals surface area contributed by atoms with E-state index in [2.05, 4.69) is 22.6 Å². The van der Waals surface area contributed by atoms with Crippen LogP contribution < -0.4 is 11.3 Å². The lowest BCUT2D eigenvalue weighted by Crippen LogP contribution is -2.31. The smallest absolute Gasteiger partial charge is 0.147 e. The Kier molecular flexibility index (Phi) is 3.27. The topological polar surface area (TPSA) is 59.6 Å². The summed E-state index contributed by atoms with van der Waals surface area (Å²) in [6.07, 6.45) is 0. The number of rotatable bonds is 2. The van der Waals surface area contributed by atoms with Crippen molar-refractivity contribution in [2.45, 2.75) is 13.2 Å². The lowest BCUT2D eigenvalue weighted by Gasteiger charge is -2.07. The highest BCUT2D eigenvalue weighted by Gasteiger charge is 2.13. The number of para-hydroxylation sites is 1. The van der Waals surface area contributed by atoms with Crippen LogP contribution in [0.4, 0.5) is 5.69 Å². The van der Waals surface area contributed by atoms with Gasteiger partial charge in [-0.3, -0.25) is 0 Å². The Bertz CT molecular complexity index is 608. The summed E-state index contributed by atoms with van der Waals surface area (Å²) >= 11 is 0. The summed E-state index contributed by atoms with van der Waals surface area (Å²) in [5.41, 5.74) is 6.94. The van der Waals surface area contributed by atoms with Crippen LogP contribution in [0.2, 0.25) is 0 Å². The summed E-state index contributed by atoms with van der Waals surface area (Å²) < 4.78 is 5.41. The van der Waals surface area contributed by atoms with Gasteiger partial charge in [0, 0.05) is 5.56 Å². The third-order valence-electron chi connectivity index (χ3n) is 3.13. The highest BCUT2D eigenvalue weighted by Crippen LogP contribution is 2.21. The van der Waals surface area contributed by atoms with Gasteiger partial charge in [-0.25, -0.2) is 10.8 Å². The average molecular weight is 253 g/mol. The molecule has 0 spiro atoms. The Morgan fingerprint density at radius 3 is 2.63 bits per heavy atom. The van der Waals surface area contributed by atoms with Gasteiger partial charge in [-0.15, -0.1) is 0 Å². The van der Waals surface area contributed by atoms with E-state index in [9.17, 15) is 0 Å². The maximum atomic E-state index is 5.59. The number of hydrogen-bond acceptors (Lipinski definition) is 3. The summed E-state index contributed by atoms with van der Waals surface area (Å²) in [4.78, 5) is 4.51. The SMILES string of the molecule is NNC(=Nc1ccccc1)c1ccc2c(c1)COC2.